The van der Waals surface area contributed by atoms with Gasteiger partial charge in [0.15, 0.2) is 0 Å². The van der Waals surface area contributed by atoms with Crippen LogP contribution in [0.5, 0.6) is 5.75 Å². The molecule has 3 atom stereocenters. The highest BCUT2D eigenvalue weighted by Gasteiger charge is 2.29. The van der Waals surface area contributed by atoms with Crippen molar-refractivity contribution in [2.75, 3.05) is 19.8 Å². The molecule has 4 rings (SSSR count). The maximum absolute atomic E-state index is 10.1. The third-order valence-electron chi connectivity index (χ3n) is 5.57. The lowest BCUT2D eigenvalue weighted by Gasteiger charge is -2.32. The standard InChI is InChI=1S/C24H29ClO5.C2H6/c25-23-8-3-17(24-14-19(27)13-22(15-26)30-24)12-18(23)11-16-1-4-20(5-2-16)28-9-10-29-21-6-7-21;1-2/h1-5,8,12,19,21-22,24,26-27H,6-7,9-11,13-15H2;1-2H3. The summed E-state index contributed by atoms with van der Waals surface area (Å²) < 4.78 is 17.3. The largest absolute Gasteiger partial charge is 0.491 e. The van der Waals surface area contributed by atoms with E-state index >= 15 is 0 Å². The smallest absolute Gasteiger partial charge is 0.119 e. The van der Waals surface area contributed by atoms with Gasteiger partial charge in [-0.2, -0.15) is 0 Å². The molecule has 2 fully saturated rings. The number of halogens is 1. The summed E-state index contributed by atoms with van der Waals surface area (Å²) in [4.78, 5) is 0. The van der Waals surface area contributed by atoms with Crippen LogP contribution in [-0.2, 0) is 15.9 Å². The molecule has 1 heterocycles. The molecule has 0 bridgehead atoms. The Balaban J connectivity index is 0.00000141. The fraction of sp³-hybridized carbons (Fsp3) is 0.538. The molecule has 2 N–H and O–H groups in total. The number of aliphatic hydroxyl groups is 2. The molecule has 176 valence electrons. The second-order valence-electron chi connectivity index (χ2n) is 8.14. The van der Waals surface area contributed by atoms with Crippen LogP contribution in [-0.4, -0.2) is 48.3 Å². The summed E-state index contributed by atoms with van der Waals surface area (Å²) in [5.41, 5.74) is 3.11. The maximum atomic E-state index is 10.1. The summed E-state index contributed by atoms with van der Waals surface area (Å²) in [7, 11) is 0. The number of hydrogen-bond acceptors (Lipinski definition) is 5. The Kier molecular flexibility index (Phi) is 9.82. The summed E-state index contributed by atoms with van der Waals surface area (Å²) in [5.74, 6) is 0.831. The van der Waals surface area contributed by atoms with E-state index in [1.807, 2.05) is 56.3 Å². The lowest BCUT2D eigenvalue weighted by molar-refractivity contribution is -0.113. The lowest BCUT2D eigenvalue weighted by atomic mass is 9.94. The second kappa shape index (κ2) is 12.6. The molecule has 0 aromatic heterocycles. The van der Waals surface area contributed by atoms with E-state index in [4.69, 9.17) is 25.8 Å². The summed E-state index contributed by atoms with van der Waals surface area (Å²) in [6.45, 7) is 5.10. The van der Waals surface area contributed by atoms with E-state index in [1.165, 1.54) is 12.8 Å². The fourth-order valence-electron chi connectivity index (χ4n) is 3.79. The van der Waals surface area contributed by atoms with Gasteiger partial charge in [0.1, 0.15) is 12.4 Å². The van der Waals surface area contributed by atoms with Crippen molar-refractivity contribution in [2.24, 2.45) is 0 Å². The highest BCUT2D eigenvalue weighted by atomic mass is 35.5. The zero-order valence-electron chi connectivity index (χ0n) is 19.0. The van der Waals surface area contributed by atoms with Crippen LogP contribution in [0.4, 0.5) is 0 Å². The third kappa shape index (κ3) is 7.46. The number of hydrogen-bond donors (Lipinski definition) is 2. The second-order valence-corrected chi connectivity index (χ2v) is 8.55. The van der Waals surface area contributed by atoms with Gasteiger partial charge in [0.2, 0.25) is 0 Å². The van der Waals surface area contributed by atoms with Crippen molar-refractivity contribution in [1.29, 1.82) is 0 Å². The van der Waals surface area contributed by atoms with Crippen LogP contribution in [0.25, 0.3) is 0 Å². The Morgan fingerprint density at radius 3 is 2.47 bits per heavy atom. The van der Waals surface area contributed by atoms with Crippen molar-refractivity contribution in [1.82, 2.24) is 0 Å². The van der Waals surface area contributed by atoms with Crippen molar-refractivity contribution in [3.8, 4) is 5.75 Å². The van der Waals surface area contributed by atoms with Gasteiger partial charge < -0.3 is 24.4 Å². The number of aliphatic hydroxyl groups excluding tert-OH is 2. The number of rotatable bonds is 9. The normalized spacial score (nSPS) is 22.7. The lowest BCUT2D eigenvalue weighted by Crippen LogP contribution is -2.33. The van der Waals surface area contributed by atoms with Crippen LogP contribution < -0.4 is 4.74 Å². The van der Waals surface area contributed by atoms with Gasteiger partial charge in [-0.1, -0.05) is 49.7 Å². The zero-order valence-corrected chi connectivity index (χ0v) is 19.8. The first-order valence-corrected chi connectivity index (χ1v) is 12.0. The average Bonchev–Trinajstić information content (AvgIpc) is 3.64. The first-order valence-electron chi connectivity index (χ1n) is 11.7. The minimum Gasteiger partial charge on any atom is -0.491 e. The van der Waals surface area contributed by atoms with Crippen molar-refractivity contribution >= 4 is 11.6 Å². The van der Waals surface area contributed by atoms with E-state index in [-0.39, 0.29) is 18.8 Å². The molecule has 0 amide bonds. The molecule has 32 heavy (non-hydrogen) atoms. The molecule has 2 aromatic carbocycles. The summed E-state index contributed by atoms with van der Waals surface area (Å²) in [6, 6.07) is 13.9. The van der Waals surface area contributed by atoms with Crippen LogP contribution in [0.3, 0.4) is 0 Å². The first-order chi connectivity index (χ1) is 15.6. The van der Waals surface area contributed by atoms with Crippen molar-refractivity contribution < 1.29 is 24.4 Å². The van der Waals surface area contributed by atoms with Gasteiger partial charge in [-0.25, -0.2) is 0 Å². The summed E-state index contributed by atoms with van der Waals surface area (Å²) in [6.07, 6.45) is 3.44. The molecule has 0 radical (unpaired) electrons. The molecule has 0 spiro atoms. The summed E-state index contributed by atoms with van der Waals surface area (Å²) in [5, 5.41) is 20.2. The molecule has 2 aromatic rings. The Hall–Kier alpha value is -1.63. The number of ether oxygens (including phenoxy) is 3. The fourth-order valence-corrected chi connectivity index (χ4v) is 3.97. The molecule has 3 unspecified atom stereocenters. The van der Waals surface area contributed by atoms with E-state index in [0.717, 1.165) is 22.4 Å². The molecular formula is C26H35ClO5. The Morgan fingerprint density at radius 1 is 1.03 bits per heavy atom. The van der Waals surface area contributed by atoms with Gasteiger partial charge in [-0.3, -0.25) is 0 Å². The Labute approximate surface area is 196 Å². The first kappa shape index (κ1) is 25.0. The monoisotopic (exact) mass is 462 g/mol. The van der Waals surface area contributed by atoms with Gasteiger partial charge in [-0.05, 0) is 54.2 Å². The topological polar surface area (TPSA) is 68.2 Å². The van der Waals surface area contributed by atoms with Gasteiger partial charge in [0.25, 0.3) is 0 Å². The molecule has 1 saturated carbocycles. The van der Waals surface area contributed by atoms with Gasteiger partial charge in [0, 0.05) is 17.9 Å². The zero-order chi connectivity index (χ0) is 22.9. The van der Waals surface area contributed by atoms with E-state index in [1.54, 1.807) is 0 Å². The molecule has 2 aliphatic rings. The minimum atomic E-state index is -0.470. The maximum Gasteiger partial charge on any atom is 0.119 e. The molecular weight excluding hydrogens is 428 g/mol. The quantitative estimate of drug-likeness (QED) is 0.508. The van der Waals surface area contributed by atoms with Crippen molar-refractivity contribution in [3.05, 3.63) is 64.2 Å². The molecule has 5 nitrogen and oxygen atoms in total. The van der Waals surface area contributed by atoms with Crippen molar-refractivity contribution in [2.45, 2.75) is 70.4 Å². The van der Waals surface area contributed by atoms with Crippen LogP contribution in [0, 0.1) is 0 Å². The summed E-state index contributed by atoms with van der Waals surface area (Å²) >= 11 is 6.45. The highest BCUT2D eigenvalue weighted by molar-refractivity contribution is 6.31. The van der Waals surface area contributed by atoms with Crippen LogP contribution >= 0.6 is 11.6 Å². The Morgan fingerprint density at radius 2 is 1.78 bits per heavy atom. The predicted octanol–water partition coefficient (Wildman–Crippen LogP) is 5.09. The van der Waals surface area contributed by atoms with Crippen molar-refractivity contribution in [3.63, 3.8) is 0 Å². The SMILES string of the molecule is CC.OCC1CC(O)CC(c2ccc(Cl)c(Cc3ccc(OCCOC4CC4)cc3)c2)O1. The Bertz CT molecular complexity index is 821. The number of benzene rings is 2. The molecule has 1 aliphatic carbocycles. The van der Waals surface area contributed by atoms with Gasteiger partial charge >= 0.3 is 0 Å². The molecule has 1 saturated heterocycles. The average molecular weight is 463 g/mol. The highest BCUT2D eigenvalue weighted by Crippen LogP contribution is 2.34. The van der Waals surface area contributed by atoms with Crippen LogP contribution in [0.1, 0.15) is 62.3 Å². The third-order valence-corrected chi connectivity index (χ3v) is 5.94. The predicted molar refractivity (Wildman–Crippen MR) is 126 cm³/mol. The molecule has 6 heteroatoms. The van der Waals surface area contributed by atoms with E-state index in [2.05, 4.69) is 0 Å². The van der Waals surface area contributed by atoms with Crippen LogP contribution in [0.2, 0.25) is 5.02 Å². The van der Waals surface area contributed by atoms with Gasteiger partial charge in [0.05, 0.1) is 37.6 Å². The van der Waals surface area contributed by atoms with E-state index in [9.17, 15) is 10.2 Å². The van der Waals surface area contributed by atoms with E-state index in [0.29, 0.717) is 43.6 Å². The van der Waals surface area contributed by atoms with E-state index < -0.39 is 6.10 Å². The van der Waals surface area contributed by atoms with Gasteiger partial charge in [-0.15, -0.1) is 0 Å². The van der Waals surface area contributed by atoms with Crippen LogP contribution in [0.15, 0.2) is 42.5 Å². The molecule has 1 aliphatic heterocycles. The minimum absolute atomic E-state index is 0.0882.